The lowest BCUT2D eigenvalue weighted by molar-refractivity contribution is -0.237. The van der Waals surface area contributed by atoms with E-state index in [1.54, 1.807) is 0 Å². The molecule has 0 bridgehead atoms. The van der Waals surface area contributed by atoms with Crippen LogP contribution in [-0.4, -0.2) is 22.0 Å². The predicted molar refractivity (Wildman–Crippen MR) is 16.2 cm³/mol. The Kier molecular flexibility index (Phi) is 6.39. The average molecular weight is 172 g/mol. The first-order valence-electron chi connectivity index (χ1n) is 1.41. The molecule has 0 aromatic rings. The smallest absolute Gasteiger partial charge is 0.346 e. The van der Waals surface area contributed by atoms with E-state index in [1.807, 2.05) is 0 Å². The fraction of sp³-hybridized carbons (Fsp3) is 1.00. The van der Waals surface area contributed by atoms with Crippen molar-refractivity contribution in [3.63, 3.8) is 0 Å². The summed E-state index contributed by atoms with van der Waals surface area (Å²) in [5, 5.41) is 0. The second-order valence-corrected chi connectivity index (χ2v) is 1.17. The van der Waals surface area contributed by atoms with Gasteiger partial charge in [-0.05, 0) is 0 Å². The molecule has 9 heavy (non-hydrogen) atoms. The van der Waals surface area contributed by atoms with Gasteiger partial charge in [0.25, 0.3) is 0 Å². The van der Waals surface area contributed by atoms with Crippen LogP contribution in [0.1, 0.15) is 0 Å². The van der Waals surface area contributed by atoms with Crippen LogP contribution < -0.4 is 0 Å². The Labute approximate surface area is 51.1 Å². The van der Waals surface area contributed by atoms with Crippen molar-refractivity contribution in [2.75, 3.05) is 0 Å². The van der Waals surface area contributed by atoms with E-state index in [0.717, 1.165) is 0 Å². The van der Waals surface area contributed by atoms with Crippen LogP contribution in [-0.2, 0) is 0 Å². The van der Waals surface area contributed by atoms with E-state index in [4.69, 9.17) is 0 Å². The maximum atomic E-state index is 9.81. The first-order valence-corrected chi connectivity index (χ1v) is 2.72. The van der Waals surface area contributed by atoms with E-state index in [9.17, 15) is 28.1 Å². The normalized spacial score (nSPS) is 9.67. The lowest BCUT2D eigenvalue weighted by Gasteiger charge is -1.82. The van der Waals surface area contributed by atoms with Gasteiger partial charge in [0.1, 0.15) is 0 Å². The third-order valence-corrected chi connectivity index (χ3v) is 0. The largest absolute Gasteiger partial charge is 1.04 e. The zero-order valence-electron chi connectivity index (χ0n) is 3.72. The van der Waals surface area contributed by atoms with E-state index < -0.39 is 22.0 Å². The minimum atomic E-state index is -5.50. The minimum absolute atomic E-state index is 4.64. The van der Waals surface area contributed by atoms with Crippen molar-refractivity contribution in [1.82, 2.24) is 0 Å². The molecule has 0 unspecified atom stereocenters. The lowest BCUT2D eigenvalue weighted by atomic mass is 11.5. The van der Waals surface area contributed by atoms with E-state index in [2.05, 4.69) is 0 Å². The van der Waals surface area contributed by atoms with E-state index in [-0.39, 0.29) is 0 Å². The topological polar surface area (TPSA) is 0 Å². The van der Waals surface area contributed by atoms with Gasteiger partial charge in [-0.1, -0.05) is 0 Å². The molecular formula is CAlF7. The van der Waals surface area contributed by atoms with Gasteiger partial charge in [0, 0.05) is 0 Å². The van der Waals surface area contributed by atoms with Crippen molar-refractivity contribution in [3.8, 4) is 0 Å². The molecule has 56 valence electrons. The van der Waals surface area contributed by atoms with Crippen LogP contribution in [0.2, 0.25) is 0 Å². The molecule has 0 aliphatic carbocycles. The van der Waals surface area contributed by atoms with E-state index >= 15 is 0 Å². The zero-order valence-corrected chi connectivity index (χ0v) is 4.88. The summed E-state index contributed by atoms with van der Waals surface area (Å²) >= 11 is -4.64. The molecule has 0 aliphatic rings. The Bertz CT molecular complexity index is 45.7. The van der Waals surface area contributed by atoms with Gasteiger partial charge in [0.05, 0.1) is 0 Å². The molecule has 0 aromatic carbocycles. The highest BCUT2D eigenvalue weighted by Crippen LogP contribution is 2.13. The molecule has 0 saturated carbocycles. The Morgan fingerprint density at radius 2 is 0.778 bits per heavy atom. The molecule has 0 spiro atoms. The maximum Gasteiger partial charge on any atom is 1.04 e. The summed E-state index contributed by atoms with van der Waals surface area (Å²) in [4.78, 5) is 0. The number of hydrogen-bond donors (Lipinski definition) is 0. The third-order valence-electron chi connectivity index (χ3n) is 0. The molecule has 8 heteroatoms. The Morgan fingerprint density at radius 1 is 0.778 bits per heavy atom. The molecular weight excluding hydrogens is 172 g/mol. The third kappa shape index (κ3) is 163000. The molecule has 0 saturated heterocycles. The molecule has 0 N–H and O–H groups in total. The fourth-order valence-corrected chi connectivity index (χ4v) is 0. The van der Waals surface area contributed by atoms with Crippen LogP contribution in [0.25, 0.3) is 0 Å². The summed E-state index contributed by atoms with van der Waals surface area (Å²) in [5.74, 6) is 0. The number of alkyl halides is 4. The highest BCUT2D eigenvalue weighted by Gasteiger charge is 2.24. The van der Waals surface area contributed by atoms with Crippen molar-refractivity contribution in [3.05, 3.63) is 0 Å². The molecule has 0 nitrogen and oxygen atoms in total. The van der Waals surface area contributed by atoms with Gasteiger partial charge in [-0.15, -0.1) is 17.6 Å². The van der Waals surface area contributed by atoms with E-state index in [1.165, 1.54) is 0 Å². The molecule has 0 amide bonds. The van der Waals surface area contributed by atoms with Crippen molar-refractivity contribution in [2.45, 2.75) is 6.43 Å². The minimum Gasteiger partial charge on any atom is -0.346 e. The van der Waals surface area contributed by atoms with Crippen LogP contribution >= 0.6 is 0 Å². The SMILES string of the molecule is FC(F)(F)F.[F][Al]([F])[F]. The first-order chi connectivity index (χ1) is 3.73. The van der Waals surface area contributed by atoms with Crippen LogP contribution in [0.4, 0.5) is 28.1 Å². The van der Waals surface area contributed by atoms with E-state index in [0.29, 0.717) is 0 Å². The average Bonchev–Trinajstić information content (AvgIpc) is 1.19. The molecule has 0 radical (unpaired) electrons. The zero-order chi connectivity index (χ0) is 8.08. The van der Waals surface area contributed by atoms with Crippen molar-refractivity contribution >= 4 is 15.5 Å². The number of hydrogen-bond acceptors (Lipinski definition) is 0. The first kappa shape index (κ1) is 11.8. The quantitative estimate of drug-likeness (QED) is 0.388. The summed E-state index contributed by atoms with van der Waals surface area (Å²) in [5.41, 5.74) is 0. The highest BCUT2D eigenvalue weighted by atomic mass is 27.3. The van der Waals surface area contributed by atoms with Crippen LogP contribution in [0.5, 0.6) is 0 Å². The predicted octanol–water partition coefficient (Wildman–Crippen LogP) is 2.36. The summed E-state index contributed by atoms with van der Waals surface area (Å²) in [6.07, 6.45) is -5.50. The molecule has 0 aliphatic heterocycles. The molecule has 0 fully saturated rings. The van der Waals surface area contributed by atoms with Gasteiger partial charge in [0.15, 0.2) is 0 Å². The molecule has 0 rings (SSSR count). The monoisotopic (exact) mass is 172 g/mol. The lowest BCUT2D eigenvalue weighted by Crippen LogP contribution is -1.92. The summed E-state index contributed by atoms with van der Waals surface area (Å²) in [7, 11) is 0. The van der Waals surface area contributed by atoms with Crippen LogP contribution in [0.15, 0.2) is 0 Å². The molecule has 0 atom stereocenters. The van der Waals surface area contributed by atoms with Crippen molar-refractivity contribution in [2.24, 2.45) is 0 Å². The van der Waals surface area contributed by atoms with Gasteiger partial charge >= 0.3 is 22.0 Å². The van der Waals surface area contributed by atoms with Crippen LogP contribution in [0.3, 0.4) is 0 Å². The van der Waals surface area contributed by atoms with Gasteiger partial charge in [-0.3, -0.25) is 0 Å². The molecule has 0 aromatic heterocycles. The Balaban J connectivity index is 0. The Morgan fingerprint density at radius 3 is 0.778 bits per heavy atom. The number of rotatable bonds is 0. The number of halogens is 7. The van der Waals surface area contributed by atoms with Crippen molar-refractivity contribution in [1.29, 1.82) is 0 Å². The van der Waals surface area contributed by atoms with Gasteiger partial charge in [-0.2, -0.15) is 0 Å². The highest BCUT2D eigenvalue weighted by molar-refractivity contribution is 6.33. The Hall–Kier alpha value is 0.0425. The van der Waals surface area contributed by atoms with Gasteiger partial charge in [0.2, 0.25) is 0 Å². The van der Waals surface area contributed by atoms with Gasteiger partial charge in [-0.25, -0.2) is 0 Å². The fourth-order valence-electron chi connectivity index (χ4n) is 0. The summed E-state index contributed by atoms with van der Waals surface area (Å²) in [6.45, 7) is 0. The maximum absolute atomic E-state index is 9.81. The van der Waals surface area contributed by atoms with Crippen LogP contribution in [0, 0.1) is 0 Å². The summed E-state index contributed by atoms with van der Waals surface area (Å²) < 4.78 is 68.2. The van der Waals surface area contributed by atoms with Crippen molar-refractivity contribution < 1.29 is 28.1 Å². The second-order valence-electron chi connectivity index (χ2n) is 0.676. The molecule has 0 heterocycles. The van der Waals surface area contributed by atoms with Gasteiger partial charge < -0.3 is 10.6 Å². The standard InChI is InChI=1S/CF4.Al.3FH/c2-1(3,4)5;;;;/h;;3*1H/q;+3;;;/p-3. The second kappa shape index (κ2) is 4.88. The summed E-state index contributed by atoms with van der Waals surface area (Å²) in [6, 6.07) is 0.